The highest BCUT2D eigenvalue weighted by atomic mass is 19.4. The summed E-state index contributed by atoms with van der Waals surface area (Å²) in [5, 5.41) is 2.59. The Morgan fingerprint density at radius 1 is 1.18 bits per heavy atom. The molecule has 1 N–H and O–H groups in total. The van der Waals surface area contributed by atoms with Crippen molar-refractivity contribution in [3.63, 3.8) is 0 Å². The van der Waals surface area contributed by atoms with Crippen LogP contribution in [0.15, 0.2) is 17.1 Å². The Hall–Kier alpha value is -2.72. The summed E-state index contributed by atoms with van der Waals surface area (Å²) in [6.45, 7) is 9.41. The van der Waals surface area contributed by atoms with Crippen LogP contribution in [-0.2, 0) is 21.4 Å². The van der Waals surface area contributed by atoms with Crippen molar-refractivity contribution in [2.45, 2.75) is 83.4 Å². The number of amides is 2. The number of aromatic nitrogens is 1. The van der Waals surface area contributed by atoms with Gasteiger partial charge in [0.05, 0.1) is 5.69 Å². The summed E-state index contributed by atoms with van der Waals surface area (Å²) in [4.78, 5) is 34.9. The third-order valence-corrected chi connectivity index (χ3v) is 5.54. The Balaban J connectivity index is 1.93. The predicted octanol–water partition coefficient (Wildman–Crippen LogP) is 4.34. The normalized spacial score (nSPS) is 24.1. The van der Waals surface area contributed by atoms with Crippen molar-refractivity contribution < 1.29 is 31.9 Å². The van der Waals surface area contributed by atoms with E-state index in [4.69, 9.17) is 4.74 Å². The van der Waals surface area contributed by atoms with Crippen molar-refractivity contribution in [3.05, 3.63) is 29.1 Å². The zero-order valence-corrected chi connectivity index (χ0v) is 19.4. The summed E-state index contributed by atoms with van der Waals surface area (Å²) in [7, 11) is 0. The van der Waals surface area contributed by atoms with Gasteiger partial charge in [-0.15, -0.1) is 0 Å². The Morgan fingerprint density at radius 3 is 2.33 bits per heavy atom. The fourth-order valence-electron chi connectivity index (χ4n) is 4.03. The summed E-state index contributed by atoms with van der Waals surface area (Å²) in [5.41, 5.74) is -5.81. The first-order chi connectivity index (χ1) is 14.9. The molecule has 0 radical (unpaired) electrons. The molecule has 2 amide bonds. The van der Waals surface area contributed by atoms with E-state index in [9.17, 15) is 27.2 Å². The molecule has 0 bridgehead atoms. The molecule has 7 nitrogen and oxygen atoms in total. The van der Waals surface area contributed by atoms with Crippen molar-refractivity contribution in [2.75, 3.05) is 6.54 Å². The second kappa shape index (κ2) is 7.95. The van der Waals surface area contributed by atoms with Gasteiger partial charge in [-0.05, 0) is 60.1 Å². The zero-order chi connectivity index (χ0) is 25.0. The van der Waals surface area contributed by atoms with Crippen LogP contribution in [0.25, 0.3) is 0 Å². The van der Waals surface area contributed by atoms with Gasteiger partial charge in [0.25, 0.3) is 5.91 Å². The minimum absolute atomic E-state index is 0.0112. The molecule has 3 rings (SSSR count). The molecule has 2 aliphatic heterocycles. The van der Waals surface area contributed by atoms with Crippen LogP contribution in [0, 0.1) is 0 Å². The third kappa shape index (κ3) is 5.11. The molecule has 3 heterocycles. The molecule has 33 heavy (non-hydrogen) atoms. The fourth-order valence-corrected chi connectivity index (χ4v) is 4.03. The van der Waals surface area contributed by atoms with Crippen LogP contribution >= 0.6 is 0 Å². The molecule has 1 aromatic rings. The lowest BCUT2D eigenvalue weighted by Gasteiger charge is -2.40. The van der Waals surface area contributed by atoms with Crippen molar-refractivity contribution in [3.8, 4) is 0 Å². The average Bonchev–Trinajstić information content (AvgIpc) is 2.94. The molecular formula is C22H28F4N4O3. The maximum atomic E-state index is 14.8. The van der Waals surface area contributed by atoms with Gasteiger partial charge in [-0.2, -0.15) is 13.2 Å². The molecule has 1 saturated heterocycles. The molecule has 182 valence electrons. The topological polar surface area (TPSA) is 83.9 Å². The molecule has 11 heteroatoms. The van der Waals surface area contributed by atoms with E-state index in [0.29, 0.717) is 0 Å². The van der Waals surface area contributed by atoms with Crippen molar-refractivity contribution >= 4 is 17.8 Å². The first-order valence-corrected chi connectivity index (χ1v) is 10.6. The van der Waals surface area contributed by atoms with Gasteiger partial charge in [-0.25, -0.2) is 14.2 Å². The number of pyridine rings is 1. The third-order valence-electron chi connectivity index (χ3n) is 5.54. The molecule has 0 saturated carbocycles. The Kier molecular flexibility index (Phi) is 6.00. The van der Waals surface area contributed by atoms with E-state index in [2.05, 4.69) is 15.3 Å². The number of hydrogen-bond acceptors (Lipinski definition) is 5. The van der Waals surface area contributed by atoms with Crippen LogP contribution in [0.1, 0.15) is 71.3 Å². The lowest BCUT2D eigenvalue weighted by atomic mass is 9.84. The molecule has 1 spiro atoms. The summed E-state index contributed by atoms with van der Waals surface area (Å²) in [6, 6.07) is 1.42. The summed E-state index contributed by atoms with van der Waals surface area (Å²) < 4.78 is 59.6. The van der Waals surface area contributed by atoms with E-state index in [1.807, 2.05) is 0 Å². The van der Waals surface area contributed by atoms with Gasteiger partial charge in [0.2, 0.25) is 0 Å². The van der Waals surface area contributed by atoms with Gasteiger partial charge in [-0.1, -0.05) is 0 Å². The standard InChI is InChI=1S/C22H28F4N4O3/c1-12-11-21(9-10-30(12)18(32)33-19(2,3)4)17(31)28-16(29-21)13-7-8-14(22(24,25)26)27-15(13)20(5,6)23/h7-8,12H,9-11H2,1-6H3,(H,28,29,31)/t12-,21+/m0/s1. The zero-order valence-electron chi connectivity index (χ0n) is 19.4. The van der Waals surface area contributed by atoms with Crippen molar-refractivity contribution in [1.82, 2.24) is 15.2 Å². The lowest BCUT2D eigenvalue weighted by molar-refractivity contribution is -0.141. The molecule has 0 aromatic carbocycles. The van der Waals surface area contributed by atoms with E-state index < -0.39 is 46.4 Å². The molecular weight excluding hydrogens is 444 g/mol. The minimum Gasteiger partial charge on any atom is -0.444 e. The SMILES string of the molecule is C[C@H]1C[C@@]2(CCN1C(=O)OC(C)(C)C)N=C(c1ccc(C(F)(F)F)nc1C(C)(C)F)NC2=O. The summed E-state index contributed by atoms with van der Waals surface area (Å²) in [6.07, 6.45) is -4.87. The number of carbonyl (C=O) groups excluding carboxylic acids is 2. The first kappa shape index (κ1) is 24.9. The number of carbonyl (C=O) groups is 2. The maximum Gasteiger partial charge on any atom is 0.433 e. The smallest absolute Gasteiger partial charge is 0.433 e. The molecule has 2 atom stereocenters. The minimum atomic E-state index is -4.75. The number of likely N-dealkylation sites (tertiary alicyclic amines) is 1. The van der Waals surface area contributed by atoms with Crippen molar-refractivity contribution in [1.29, 1.82) is 0 Å². The Bertz CT molecular complexity index is 995. The van der Waals surface area contributed by atoms with Crippen LogP contribution in [0.4, 0.5) is 22.4 Å². The van der Waals surface area contributed by atoms with Crippen LogP contribution in [0.2, 0.25) is 0 Å². The van der Waals surface area contributed by atoms with E-state index >= 15 is 0 Å². The number of amidine groups is 1. The monoisotopic (exact) mass is 472 g/mol. The van der Waals surface area contributed by atoms with E-state index in [0.717, 1.165) is 26.0 Å². The molecule has 1 fully saturated rings. The van der Waals surface area contributed by atoms with Gasteiger partial charge in [-0.3, -0.25) is 9.79 Å². The number of ether oxygens (including phenoxy) is 1. The highest BCUT2D eigenvalue weighted by molar-refractivity contribution is 6.16. The molecule has 2 aliphatic rings. The second-order valence-electron chi connectivity index (χ2n) is 9.99. The summed E-state index contributed by atoms with van der Waals surface area (Å²) >= 11 is 0. The van der Waals surface area contributed by atoms with Crippen LogP contribution < -0.4 is 5.32 Å². The number of alkyl halides is 4. The number of nitrogens with zero attached hydrogens (tertiary/aromatic N) is 3. The second-order valence-corrected chi connectivity index (χ2v) is 9.99. The van der Waals surface area contributed by atoms with Crippen LogP contribution in [-0.4, -0.2) is 51.4 Å². The largest absolute Gasteiger partial charge is 0.444 e. The number of piperidine rings is 1. The quantitative estimate of drug-likeness (QED) is 0.649. The lowest BCUT2D eigenvalue weighted by Crippen LogP contribution is -2.55. The van der Waals surface area contributed by atoms with E-state index in [1.54, 1.807) is 27.7 Å². The molecule has 0 aliphatic carbocycles. The first-order valence-electron chi connectivity index (χ1n) is 10.6. The number of hydrogen-bond donors (Lipinski definition) is 1. The number of nitrogens with one attached hydrogen (secondary N) is 1. The predicted molar refractivity (Wildman–Crippen MR) is 112 cm³/mol. The highest BCUT2D eigenvalue weighted by Gasteiger charge is 2.50. The molecule has 0 unspecified atom stereocenters. The van der Waals surface area contributed by atoms with Gasteiger partial charge in [0.15, 0.2) is 0 Å². The number of halogens is 4. The Labute approximate surface area is 189 Å². The van der Waals surface area contributed by atoms with Gasteiger partial charge in [0.1, 0.15) is 28.3 Å². The number of aliphatic imine (C=N–C) groups is 1. The van der Waals surface area contributed by atoms with Gasteiger partial charge in [0, 0.05) is 24.6 Å². The highest BCUT2D eigenvalue weighted by Crippen LogP contribution is 2.37. The Morgan fingerprint density at radius 2 is 1.82 bits per heavy atom. The van der Waals surface area contributed by atoms with Crippen LogP contribution in [0.3, 0.4) is 0 Å². The average molecular weight is 472 g/mol. The maximum absolute atomic E-state index is 14.8. The van der Waals surface area contributed by atoms with Crippen LogP contribution in [0.5, 0.6) is 0 Å². The van der Waals surface area contributed by atoms with Crippen molar-refractivity contribution in [2.24, 2.45) is 4.99 Å². The van der Waals surface area contributed by atoms with Gasteiger partial charge >= 0.3 is 12.3 Å². The van der Waals surface area contributed by atoms with E-state index in [1.165, 1.54) is 4.90 Å². The molecule has 1 aromatic heterocycles. The fraction of sp³-hybridized carbons (Fsp3) is 0.636. The van der Waals surface area contributed by atoms with Gasteiger partial charge < -0.3 is 15.0 Å². The summed E-state index contributed by atoms with van der Waals surface area (Å²) in [5.74, 6) is -0.476. The number of rotatable bonds is 2. The van der Waals surface area contributed by atoms with E-state index in [-0.39, 0.29) is 36.8 Å².